The molecule has 0 atom stereocenters. The molecule has 2 heterocycles. The van der Waals surface area contributed by atoms with Gasteiger partial charge >= 0.3 is 5.97 Å². The number of ether oxygens (including phenoxy) is 1. The SMILES string of the molecule is CC(=O)Oc1ccc(C=Nn2c(-c3cc4cc(Br)ccc4o3)nc3ccccc3c2=O)cc1Br. The van der Waals surface area contributed by atoms with E-state index in [0.29, 0.717) is 38.0 Å². The number of aromatic nitrogens is 2. The predicted octanol–water partition coefficient (Wildman–Crippen LogP) is 6.14. The van der Waals surface area contributed by atoms with Crippen LogP contribution >= 0.6 is 31.9 Å². The lowest BCUT2D eigenvalue weighted by atomic mass is 10.2. The number of hydrogen-bond donors (Lipinski definition) is 0. The van der Waals surface area contributed by atoms with Crippen molar-refractivity contribution in [2.45, 2.75) is 6.92 Å². The molecule has 0 aliphatic rings. The van der Waals surface area contributed by atoms with Crippen LogP contribution in [0.3, 0.4) is 0 Å². The summed E-state index contributed by atoms with van der Waals surface area (Å²) in [7, 11) is 0. The standard InChI is InChI=1S/C25H15Br2N3O4/c1-14(31)33-22-8-6-15(10-19(22)27)13-28-30-24(29-20-5-3-2-4-18(20)25(30)32)23-12-16-11-17(26)7-9-21(16)34-23/h2-13H,1H3. The molecule has 0 aliphatic carbocycles. The lowest BCUT2D eigenvalue weighted by Crippen LogP contribution is -2.20. The summed E-state index contributed by atoms with van der Waals surface area (Å²) in [4.78, 5) is 29.3. The van der Waals surface area contributed by atoms with E-state index in [1.54, 1.807) is 36.4 Å². The van der Waals surface area contributed by atoms with Crippen molar-refractivity contribution in [2.24, 2.45) is 5.10 Å². The number of rotatable bonds is 4. The molecule has 3 aromatic carbocycles. The lowest BCUT2D eigenvalue weighted by Gasteiger charge is -2.08. The number of hydrogen-bond acceptors (Lipinski definition) is 6. The van der Waals surface area contributed by atoms with Crippen LogP contribution in [0.25, 0.3) is 33.5 Å². The van der Waals surface area contributed by atoms with Crippen LogP contribution in [0, 0.1) is 0 Å². The Hall–Kier alpha value is -3.56. The molecule has 7 nitrogen and oxygen atoms in total. The Morgan fingerprint density at radius 1 is 1.09 bits per heavy atom. The minimum absolute atomic E-state index is 0.280. The second-order valence-corrected chi connectivity index (χ2v) is 9.16. The van der Waals surface area contributed by atoms with Crippen molar-refractivity contribution in [3.05, 3.63) is 91.6 Å². The molecular weight excluding hydrogens is 566 g/mol. The van der Waals surface area contributed by atoms with Gasteiger partial charge < -0.3 is 9.15 Å². The third kappa shape index (κ3) is 4.32. The Balaban J connectivity index is 1.65. The van der Waals surface area contributed by atoms with Crippen LogP contribution in [0.1, 0.15) is 12.5 Å². The van der Waals surface area contributed by atoms with Crippen LogP contribution in [-0.4, -0.2) is 21.8 Å². The van der Waals surface area contributed by atoms with E-state index in [4.69, 9.17) is 9.15 Å². The van der Waals surface area contributed by atoms with Gasteiger partial charge in [0.1, 0.15) is 11.3 Å². The molecule has 34 heavy (non-hydrogen) atoms. The van der Waals surface area contributed by atoms with Crippen LogP contribution < -0.4 is 10.3 Å². The monoisotopic (exact) mass is 579 g/mol. The van der Waals surface area contributed by atoms with Crippen LogP contribution in [0.4, 0.5) is 0 Å². The first-order chi connectivity index (χ1) is 16.4. The number of fused-ring (bicyclic) bond motifs is 2. The molecule has 5 rings (SSSR count). The van der Waals surface area contributed by atoms with E-state index in [-0.39, 0.29) is 11.4 Å². The van der Waals surface area contributed by atoms with Crippen molar-refractivity contribution in [2.75, 3.05) is 0 Å². The summed E-state index contributed by atoms with van der Waals surface area (Å²) < 4.78 is 13.9. The summed E-state index contributed by atoms with van der Waals surface area (Å²) >= 11 is 6.85. The summed E-state index contributed by atoms with van der Waals surface area (Å²) in [6, 6.07) is 19.7. The quantitative estimate of drug-likeness (QED) is 0.145. The first-order valence-corrected chi connectivity index (χ1v) is 11.7. The van der Waals surface area contributed by atoms with Gasteiger partial charge in [-0.15, -0.1) is 0 Å². The highest BCUT2D eigenvalue weighted by molar-refractivity contribution is 9.10. The fraction of sp³-hybridized carbons (Fsp3) is 0.0400. The number of carbonyl (C=O) groups is 1. The molecule has 5 aromatic rings. The van der Waals surface area contributed by atoms with Gasteiger partial charge in [0.05, 0.1) is 21.6 Å². The number of esters is 1. The maximum atomic E-state index is 13.3. The third-order valence-corrected chi connectivity index (χ3v) is 6.10. The van der Waals surface area contributed by atoms with Gasteiger partial charge in [0.2, 0.25) is 5.82 Å². The normalized spacial score (nSPS) is 11.5. The van der Waals surface area contributed by atoms with E-state index in [1.165, 1.54) is 17.8 Å². The maximum Gasteiger partial charge on any atom is 0.308 e. The molecule has 168 valence electrons. The minimum atomic E-state index is -0.418. The van der Waals surface area contributed by atoms with E-state index < -0.39 is 5.97 Å². The Morgan fingerprint density at radius 2 is 1.91 bits per heavy atom. The van der Waals surface area contributed by atoms with Gasteiger partial charge in [-0.25, -0.2) is 4.98 Å². The van der Waals surface area contributed by atoms with Gasteiger partial charge in [-0.2, -0.15) is 9.78 Å². The largest absolute Gasteiger partial charge is 0.453 e. The average Bonchev–Trinajstić information content (AvgIpc) is 3.23. The molecule has 0 radical (unpaired) electrons. The predicted molar refractivity (Wildman–Crippen MR) is 137 cm³/mol. The van der Waals surface area contributed by atoms with Crippen molar-refractivity contribution in [1.29, 1.82) is 0 Å². The molecule has 0 N–H and O–H groups in total. The highest BCUT2D eigenvalue weighted by Gasteiger charge is 2.16. The fourth-order valence-corrected chi connectivity index (χ4v) is 4.33. The Bertz CT molecular complexity index is 1670. The summed E-state index contributed by atoms with van der Waals surface area (Å²) in [5, 5.41) is 5.75. The van der Waals surface area contributed by atoms with E-state index in [0.717, 1.165) is 9.86 Å². The van der Waals surface area contributed by atoms with E-state index in [1.807, 2.05) is 30.3 Å². The first-order valence-electron chi connectivity index (χ1n) is 10.1. The average molecular weight is 581 g/mol. The van der Waals surface area contributed by atoms with Gasteiger partial charge in [-0.1, -0.05) is 28.1 Å². The molecule has 0 fully saturated rings. The summed E-state index contributed by atoms with van der Waals surface area (Å²) in [6.45, 7) is 1.33. The van der Waals surface area contributed by atoms with E-state index in [9.17, 15) is 9.59 Å². The number of halogens is 2. The van der Waals surface area contributed by atoms with Crippen molar-refractivity contribution in [1.82, 2.24) is 9.66 Å². The zero-order chi connectivity index (χ0) is 23.8. The van der Waals surface area contributed by atoms with E-state index >= 15 is 0 Å². The molecular formula is C25H15Br2N3O4. The number of carbonyl (C=O) groups excluding carboxylic acids is 1. The molecule has 0 bridgehead atoms. The first kappa shape index (κ1) is 22.2. The molecule has 0 saturated carbocycles. The van der Waals surface area contributed by atoms with Crippen molar-refractivity contribution in [3.8, 4) is 17.3 Å². The van der Waals surface area contributed by atoms with Gasteiger partial charge in [-0.05, 0) is 76.1 Å². The molecule has 0 aliphatic heterocycles. The van der Waals surface area contributed by atoms with Crippen LogP contribution in [0.15, 0.2) is 90.0 Å². The summed E-state index contributed by atoms with van der Waals surface area (Å²) in [5.74, 6) is 0.670. The number of benzene rings is 3. The highest BCUT2D eigenvalue weighted by Crippen LogP contribution is 2.29. The molecule has 0 spiro atoms. The molecule has 9 heteroatoms. The molecule has 0 unspecified atom stereocenters. The van der Waals surface area contributed by atoms with Gasteiger partial charge in [0, 0.05) is 16.8 Å². The molecule has 0 amide bonds. The highest BCUT2D eigenvalue weighted by atomic mass is 79.9. The number of nitrogens with zero attached hydrogens (tertiary/aromatic N) is 3. The zero-order valence-electron chi connectivity index (χ0n) is 17.7. The van der Waals surface area contributed by atoms with Crippen molar-refractivity contribution >= 4 is 65.9 Å². The zero-order valence-corrected chi connectivity index (χ0v) is 20.8. The Morgan fingerprint density at radius 3 is 2.71 bits per heavy atom. The van der Waals surface area contributed by atoms with Crippen molar-refractivity contribution in [3.63, 3.8) is 0 Å². The topological polar surface area (TPSA) is 86.7 Å². The van der Waals surface area contributed by atoms with Gasteiger partial charge in [0.15, 0.2) is 5.76 Å². The lowest BCUT2D eigenvalue weighted by molar-refractivity contribution is -0.131. The second-order valence-electron chi connectivity index (χ2n) is 7.39. The maximum absolute atomic E-state index is 13.3. The number of furan rings is 1. The summed E-state index contributed by atoms with van der Waals surface area (Å²) in [6.07, 6.45) is 1.53. The number of para-hydroxylation sites is 1. The van der Waals surface area contributed by atoms with Gasteiger partial charge in [0.25, 0.3) is 5.56 Å². The minimum Gasteiger partial charge on any atom is -0.453 e. The van der Waals surface area contributed by atoms with Crippen molar-refractivity contribution < 1.29 is 13.9 Å². The fourth-order valence-electron chi connectivity index (χ4n) is 3.47. The Labute approximate surface area is 209 Å². The van der Waals surface area contributed by atoms with Crippen LogP contribution in [0.2, 0.25) is 0 Å². The second kappa shape index (κ2) is 9.00. The Kier molecular flexibility index (Phi) is 5.89. The van der Waals surface area contributed by atoms with Crippen LogP contribution in [-0.2, 0) is 4.79 Å². The third-order valence-electron chi connectivity index (χ3n) is 4.98. The molecule has 2 aromatic heterocycles. The smallest absolute Gasteiger partial charge is 0.308 e. The molecule has 0 saturated heterocycles. The summed E-state index contributed by atoms with van der Waals surface area (Å²) in [5.41, 5.74) is 1.57. The van der Waals surface area contributed by atoms with Gasteiger partial charge in [-0.3, -0.25) is 9.59 Å². The van der Waals surface area contributed by atoms with Crippen LogP contribution in [0.5, 0.6) is 5.75 Å². The van der Waals surface area contributed by atoms with E-state index in [2.05, 4.69) is 41.9 Å².